The maximum atomic E-state index is 12.0. The minimum Gasteiger partial charge on any atom is -0.299 e. The van der Waals surface area contributed by atoms with Gasteiger partial charge in [0.1, 0.15) is 5.78 Å². The lowest BCUT2D eigenvalue weighted by Crippen LogP contribution is -2.25. The fraction of sp³-hybridized carbons (Fsp3) is 0.600. The molecule has 1 atom stereocenters. The van der Waals surface area contributed by atoms with Crippen LogP contribution in [-0.2, 0) is 4.79 Å². The first kappa shape index (κ1) is 18.6. The molecule has 0 N–H and O–H groups in total. The van der Waals surface area contributed by atoms with E-state index in [9.17, 15) is 4.79 Å². The Balaban J connectivity index is 3.47. The van der Waals surface area contributed by atoms with Crippen LogP contribution in [0.2, 0.25) is 0 Å². The van der Waals surface area contributed by atoms with Crippen LogP contribution in [0.3, 0.4) is 0 Å². The van der Waals surface area contributed by atoms with Crippen molar-refractivity contribution in [2.24, 2.45) is 16.8 Å². The monoisotopic (exact) mass is 301 g/mol. The van der Waals surface area contributed by atoms with Gasteiger partial charge in [0.05, 0.1) is 11.6 Å². The number of hydrogen-bond acceptors (Lipinski definition) is 2. The Morgan fingerprint density at radius 3 is 1.68 bits per heavy atom. The molecule has 0 aliphatic carbocycles. The number of Topliss-reactive ketones (excluding diaryl/α,β-unsaturated/α-hetero) is 1. The Morgan fingerprint density at radius 2 is 1.36 bits per heavy atom. The van der Waals surface area contributed by atoms with E-state index in [1.54, 1.807) is 6.92 Å². The normalized spacial score (nSPS) is 14.0. The highest BCUT2D eigenvalue weighted by atomic mass is 16.1. The third-order valence-electron chi connectivity index (χ3n) is 4.19. The van der Waals surface area contributed by atoms with Crippen molar-refractivity contribution in [1.29, 1.82) is 0 Å². The van der Waals surface area contributed by atoms with Gasteiger partial charge in [0.25, 0.3) is 0 Å². The van der Waals surface area contributed by atoms with Crippen LogP contribution in [0.15, 0.2) is 23.2 Å². The highest BCUT2D eigenvalue weighted by Gasteiger charge is 2.23. The molecule has 1 aromatic carbocycles. The first-order chi connectivity index (χ1) is 10.2. The molecule has 2 nitrogen and oxygen atoms in total. The number of carbonyl (C=O) groups excluding carboxylic acids is 1. The van der Waals surface area contributed by atoms with Crippen LogP contribution in [0.25, 0.3) is 0 Å². The Bertz CT molecular complexity index is 527. The molecule has 0 radical (unpaired) electrons. The van der Waals surface area contributed by atoms with Gasteiger partial charge in [-0.3, -0.25) is 9.79 Å². The lowest BCUT2D eigenvalue weighted by molar-refractivity contribution is -0.119. The summed E-state index contributed by atoms with van der Waals surface area (Å²) < 4.78 is 0. The molecule has 0 amide bonds. The zero-order valence-electron chi connectivity index (χ0n) is 15.4. The first-order valence-corrected chi connectivity index (χ1v) is 8.35. The molecule has 0 aliphatic rings. The van der Waals surface area contributed by atoms with Gasteiger partial charge in [-0.05, 0) is 42.7 Å². The molecule has 1 rings (SSSR count). The number of aliphatic imine (C=N–C) groups is 1. The standard InChI is InChI=1S/C20H31NO/c1-12(2)17-10-9-11-18(13(3)4)20(17)21-15(7)19(14(5)6)16(8)22/h9-14,19H,1-8H3. The van der Waals surface area contributed by atoms with Crippen molar-refractivity contribution in [1.82, 2.24) is 0 Å². The summed E-state index contributed by atoms with van der Waals surface area (Å²) in [7, 11) is 0. The maximum absolute atomic E-state index is 12.0. The van der Waals surface area contributed by atoms with Gasteiger partial charge in [-0.15, -0.1) is 0 Å². The minimum atomic E-state index is -0.0970. The van der Waals surface area contributed by atoms with Crippen molar-refractivity contribution in [3.63, 3.8) is 0 Å². The first-order valence-electron chi connectivity index (χ1n) is 8.35. The molecule has 0 saturated heterocycles. The van der Waals surface area contributed by atoms with Gasteiger partial charge in [-0.1, -0.05) is 59.7 Å². The molecule has 0 aromatic heterocycles. The fourth-order valence-electron chi connectivity index (χ4n) is 3.13. The van der Waals surface area contributed by atoms with E-state index in [1.807, 2.05) is 6.92 Å². The van der Waals surface area contributed by atoms with Gasteiger partial charge < -0.3 is 0 Å². The summed E-state index contributed by atoms with van der Waals surface area (Å²) in [6.07, 6.45) is 0. The zero-order chi connectivity index (χ0) is 17.0. The van der Waals surface area contributed by atoms with E-state index in [-0.39, 0.29) is 17.6 Å². The Labute approximate surface area is 136 Å². The highest BCUT2D eigenvalue weighted by molar-refractivity contribution is 6.04. The summed E-state index contributed by atoms with van der Waals surface area (Å²) in [5.41, 5.74) is 4.52. The van der Waals surface area contributed by atoms with E-state index in [1.165, 1.54) is 11.1 Å². The molecule has 0 bridgehead atoms. The van der Waals surface area contributed by atoms with Crippen LogP contribution in [0, 0.1) is 11.8 Å². The number of hydrogen-bond donors (Lipinski definition) is 0. The van der Waals surface area contributed by atoms with E-state index in [2.05, 4.69) is 59.7 Å². The molecule has 0 saturated carbocycles. The second-order valence-electron chi connectivity index (χ2n) is 7.18. The molecular weight excluding hydrogens is 270 g/mol. The van der Waals surface area contributed by atoms with Crippen molar-refractivity contribution >= 4 is 17.2 Å². The number of ketones is 1. The topological polar surface area (TPSA) is 29.4 Å². The number of carbonyl (C=O) groups is 1. The van der Waals surface area contributed by atoms with Gasteiger partial charge in [0, 0.05) is 5.71 Å². The van der Waals surface area contributed by atoms with Crippen LogP contribution < -0.4 is 0 Å². The number of benzene rings is 1. The molecule has 0 fully saturated rings. The van der Waals surface area contributed by atoms with Gasteiger partial charge in [-0.2, -0.15) is 0 Å². The van der Waals surface area contributed by atoms with E-state index in [4.69, 9.17) is 4.99 Å². The molecule has 1 aromatic rings. The van der Waals surface area contributed by atoms with Crippen LogP contribution in [0.5, 0.6) is 0 Å². The van der Waals surface area contributed by atoms with Crippen LogP contribution in [-0.4, -0.2) is 11.5 Å². The van der Waals surface area contributed by atoms with Gasteiger partial charge >= 0.3 is 0 Å². The molecule has 22 heavy (non-hydrogen) atoms. The average Bonchev–Trinajstić information content (AvgIpc) is 2.37. The molecule has 0 spiro atoms. The summed E-state index contributed by atoms with van der Waals surface area (Å²) in [4.78, 5) is 16.9. The third kappa shape index (κ3) is 4.28. The predicted octanol–water partition coefficient (Wildman–Crippen LogP) is 5.89. The number of para-hydroxylation sites is 1. The summed E-state index contributed by atoms with van der Waals surface area (Å²) in [5.74, 6) is 1.21. The highest BCUT2D eigenvalue weighted by Crippen LogP contribution is 2.35. The Morgan fingerprint density at radius 1 is 0.909 bits per heavy atom. The lowest BCUT2D eigenvalue weighted by atomic mass is 9.87. The van der Waals surface area contributed by atoms with E-state index < -0.39 is 0 Å². The molecule has 0 aliphatic heterocycles. The maximum Gasteiger partial charge on any atom is 0.138 e. The predicted molar refractivity (Wildman–Crippen MR) is 96.4 cm³/mol. The largest absolute Gasteiger partial charge is 0.299 e. The van der Waals surface area contributed by atoms with Crippen molar-refractivity contribution < 1.29 is 4.79 Å². The molecule has 1 unspecified atom stereocenters. The van der Waals surface area contributed by atoms with Gasteiger partial charge in [-0.25, -0.2) is 0 Å². The third-order valence-corrected chi connectivity index (χ3v) is 4.19. The van der Waals surface area contributed by atoms with Crippen LogP contribution >= 0.6 is 0 Å². The van der Waals surface area contributed by atoms with E-state index >= 15 is 0 Å². The quantitative estimate of drug-likeness (QED) is 0.603. The Kier molecular flexibility index (Phi) is 6.52. The van der Waals surface area contributed by atoms with Crippen LogP contribution in [0.4, 0.5) is 5.69 Å². The average molecular weight is 301 g/mol. The smallest absolute Gasteiger partial charge is 0.138 e. The SMILES string of the molecule is CC(=O)C(C(C)=Nc1c(C(C)C)cccc1C(C)C)C(C)C. The van der Waals surface area contributed by atoms with E-state index in [0.717, 1.165) is 11.4 Å². The van der Waals surface area contributed by atoms with Crippen molar-refractivity contribution in [2.45, 2.75) is 67.2 Å². The molecule has 2 heteroatoms. The number of nitrogens with zero attached hydrogens (tertiary/aromatic N) is 1. The van der Waals surface area contributed by atoms with E-state index in [0.29, 0.717) is 11.8 Å². The lowest BCUT2D eigenvalue weighted by Gasteiger charge is -2.21. The molecule has 0 heterocycles. The number of rotatable bonds is 6. The summed E-state index contributed by atoms with van der Waals surface area (Å²) in [6.45, 7) is 16.6. The van der Waals surface area contributed by atoms with Crippen molar-refractivity contribution in [3.8, 4) is 0 Å². The minimum absolute atomic E-state index is 0.0970. The second-order valence-corrected chi connectivity index (χ2v) is 7.18. The van der Waals surface area contributed by atoms with Gasteiger partial charge in [0.15, 0.2) is 0 Å². The molecule has 122 valence electrons. The van der Waals surface area contributed by atoms with Crippen molar-refractivity contribution in [2.75, 3.05) is 0 Å². The fourth-order valence-corrected chi connectivity index (χ4v) is 3.13. The summed E-state index contributed by atoms with van der Waals surface area (Å²) >= 11 is 0. The van der Waals surface area contributed by atoms with Gasteiger partial charge in [0.2, 0.25) is 0 Å². The second kappa shape index (κ2) is 7.71. The Hall–Kier alpha value is -1.44. The summed E-state index contributed by atoms with van der Waals surface area (Å²) in [5, 5.41) is 0. The molecular formula is C20H31NO. The van der Waals surface area contributed by atoms with Crippen molar-refractivity contribution in [3.05, 3.63) is 29.3 Å². The summed E-state index contributed by atoms with van der Waals surface area (Å²) in [6, 6.07) is 6.42. The van der Waals surface area contributed by atoms with Crippen LogP contribution in [0.1, 0.15) is 78.4 Å². The zero-order valence-corrected chi connectivity index (χ0v) is 15.4.